The molecule has 0 aromatic carbocycles. The van der Waals surface area contributed by atoms with Crippen molar-refractivity contribution >= 4 is 22.4 Å². The topological polar surface area (TPSA) is 72.5 Å². The van der Waals surface area contributed by atoms with E-state index in [0.717, 1.165) is 0 Å². The molecule has 0 saturated carbocycles. The first-order chi connectivity index (χ1) is 15.1. The van der Waals surface area contributed by atoms with Crippen molar-refractivity contribution in [1.29, 1.82) is 0 Å². The van der Waals surface area contributed by atoms with Gasteiger partial charge in [0.15, 0.2) is 28.5 Å². The lowest BCUT2D eigenvalue weighted by molar-refractivity contribution is -0.446. The third-order valence-corrected chi connectivity index (χ3v) is 17.5. The highest BCUT2D eigenvalue weighted by atomic mass is 28.4. The number of hydrogen-bond donors (Lipinski definition) is 0. The molecule has 0 bridgehead atoms. The van der Waals surface area contributed by atoms with E-state index in [4.69, 9.17) is 27.8 Å². The first-order valence-electron chi connectivity index (χ1n) is 12.2. The molecular weight excluding hydrogens is 468 g/mol. The fourth-order valence-electron chi connectivity index (χ4n) is 3.52. The molecule has 0 aromatic heterocycles. The largest absolute Gasteiger partial charge is 0.412 e. The smallest absolute Gasteiger partial charge is 0.221 e. The summed E-state index contributed by atoms with van der Waals surface area (Å²) in [6.07, 6.45) is -0.124. The lowest BCUT2D eigenvalue weighted by atomic mass is 9.88. The zero-order valence-corrected chi connectivity index (χ0v) is 25.9. The Morgan fingerprint density at radius 1 is 0.882 bits per heavy atom. The van der Waals surface area contributed by atoms with E-state index < -0.39 is 46.5 Å². The molecular formula is C25H48O7Si2. The number of ketones is 1. The van der Waals surface area contributed by atoms with Gasteiger partial charge in [-0.15, -0.1) is 0 Å². The molecule has 1 saturated heterocycles. The van der Waals surface area contributed by atoms with Gasteiger partial charge in [-0.1, -0.05) is 41.5 Å². The van der Waals surface area contributed by atoms with Crippen LogP contribution in [0.15, 0.2) is 11.6 Å². The summed E-state index contributed by atoms with van der Waals surface area (Å²) in [5.74, 6) is -2.65. The van der Waals surface area contributed by atoms with Crippen molar-refractivity contribution in [2.75, 3.05) is 20.8 Å². The summed E-state index contributed by atoms with van der Waals surface area (Å²) in [4.78, 5) is 13.7. The van der Waals surface area contributed by atoms with Crippen LogP contribution in [0.25, 0.3) is 0 Å². The van der Waals surface area contributed by atoms with Crippen LogP contribution in [-0.4, -0.2) is 73.1 Å². The highest BCUT2D eigenvalue weighted by Crippen LogP contribution is 2.45. The average molecular weight is 517 g/mol. The molecule has 7 nitrogen and oxygen atoms in total. The number of fused-ring (bicyclic) bond motifs is 1. The van der Waals surface area contributed by atoms with Crippen molar-refractivity contribution in [3.63, 3.8) is 0 Å². The molecule has 0 aromatic rings. The second-order valence-electron chi connectivity index (χ2n) is 12.9. The maximum absolute atomic E-state index is 13.7. The Bertz CT molecular complexity index is 796. The van der Waals surface area contributed by atoms with Crippen molar-refractivity contribution < 1.29 is 32.6 Å². The van der Waals surface area contributed by atoms with Gasteiger partial charge in [-0.25, -0.2) is 0 Å². The van der Waals surface area contributed by atoms with Crippen LogP contribution in [0, 0.1) is 0 Å². The Balaban J connectivity index is 2.50. The molecule has 5 atom stereocenters. The van der Waals surface area contributed by atoms with Crippen molar-refractivity contribution in [1.82, 2.24) is 0 Å². The summed E-state index contributed by atoms with van der Waals surface area (Å²) in [6, 6.07) is 0. The van der Waals surface area contributed by atoms with Gasteiger partial charge < -0.3 is 27.8 Å². The molecule has 34 heavy (non-hydrogen) atoms. The molecule has 2 rings (SSSR count). The van der Waals surface area contributed by atoms with Gasteiger partial charge in [-0.05, 0) is 56.2 Å². The van der Waals surface area contributed by atoms with Crippen LogP contribution >= 0.6 is 0 Å². The van der Waals surface area contributed by atoms with Gasteiger partial charge in [0.05, 0.1) is 12.7 Å². The third kappa shape index (κ3) is 5.46. The molecule has 198 valence electrons. The van der Waals surface area contributed by atoms with Crippen molar-refractivity contribution in [2.24, 2.45) is 0 Å². The monoisotopic (exact) mass is 516 g/mol. The minimum atomic E-state index is -2.21. The number of methoxy groups -OCH3 is 2. The van der Waals surface area contributed by atoms with Crippen molar-refractivity contribution in [3.8, 4) is 0 Å². The van der Waals surface area contributed by atoms with Crippen LogP contribution in [0.3, 0.4) is 0 Å². The predicted molar refractivity (Wildman–Crippen MR) is 139 cm³/mol. The second-order valence-corrected chi connectivity index (χ2v) is 22.4. The molecule has 0 amide bonds. The van der Waals surface area contributed by atoms with Gasteiger partial charge in [0.1, 0.15) is 6.10 Å². The number of carbonyl (C=O) groups is 1. The molecule has 1 aliphatic carbocycles. The summed E-state index contributed by atoms with van der Waals surface area (Å²) in [6.45, 7) is 25.6. The minimum Gasteiger partial charge on any atom is -0.412 e. The molecule has 1 aliphatic heterocycles. The number of hydrogen-bond acceptors (Lipinski definition) is 7. The maximum Gasteiger partial charge on any atom is 0.221 e. The van der Waals surface area contributed by atoms with E-state index in [1.807, 2.05) is 6.08 Å². The van der Waals surface area contributed by atoms with E-state index in [0.29, 0.717) is 5.57 Å². The zero-order chi connectivity index (χ0) is 26.5. The van der Waals surface area contributed by atoms with E-state index in [1.54, 1.807) is 21.0 Å². The summed E-state index contributed by atoms with van der Waals surface area (Å²) in [5.41, 5.74) is 0.567. The van der Waals surface area contributed by atoms with Gasteiger partial charge in [-0.2, -0.15) is 0 Å². The lowest BCUT2D eigenvalue weighted by Crippen LogP contribution is -2.70. The van der Waals surface area contributed by atoms with Gasteiger partial charge in [0, 0.05) is 19.8 Å². The summed E-state index contributed by atoms with van der Waals surface area (Å²) in [7, 11) is -1.20. The molecule has 9 heteroatoms. The first-order valence-corrected chi connectivity index (χ1v) is 18.0. The fraction of sp³-hybridized carbons (Fsp3) is 0.880. The van der Waals surface area contributed by atoms with Crippen LogP contribution in [-0.2, 0) is 32.6 Å². The van der Waals surface area contributed by atoms with Crippen molar-refractivity contribution in [2.45, 2.75) is 122 Å². The highest BCUT2D eigenvalue weighted by Gasteiger charge is 2.61. The van der Waals surface area contributed by atoms with Gasteiger partial charge in [0.2, 0.25) is 11.6 Å². The summed E-state index contributed by atoms with van der Waals surface area (Å²) < 4.78 is 37.4. The van der Waals surface area contributed by atoms with Crippen LogP contribution in [0.1, 0.15) is 55.4 Å². The van der Waals surface area contributed by atoms with E-state index in [-0.39, 0.29) is 22.5 Å². The van der Waals surface area contributed by atoms with Crippen LogP contribution < -0.4 is 0 Å². The number of rotatable bonds is 7. The van der Waals surface area contributed by atoms with E-state index in [1.165, 1.54) is 7.11 Å². The lowest BCUT2D eigenvalue weighted by Gasteiger charge is -2.54. The predicted octanol–water partition coefficient (Wildman–Crippen LogP) is 5.42. The van der Waals surface area contributed by atoms with Crippen molar-refractivity contribution in [3.05, 3.63) is 11.6 Å². The van der Waals surface area contributed by atoms with Crippen LogP contribution in [0.4, 0.5) is 0 Å². The SMILES string of the molecule is CO[C@]1(C)O[C@H]2[C@@H](O[Si](C)(C)C(C)(C)C)C=C(CO[Si](C)(C)C(C)(C)C)C(=O)[C@@H]2O[C@@]1(C)OC. The molecule has 2 aliphatic rings. The molecule has 0 unspecified atom stereocenters. The highest BCUT2D eigenvalue weighted by molar-refractivity contribution is 6.74. The molecule has 0 radical (unpaired) electrons. The molecule has 0 N–H and O–H groups in total. The summed E-state index contributed by atoms with van der Waals surface area (Å²) >= 11 is 0. The molecule has 0 spiro atoms. The van der Waals surface area contributed by atoms with Crippen LogP contribution in [0.5, 0.6) is 0 Å². The average Bonchev–Trinajstić information content (AvgIpc) is 2.68. The van der Waals surface area contributed by atoms with Gasteiger partial charge in [0.25, 0.3) is 0 Å². The molecule has 1 fully saturated rings. The van der Waals surface area contributed by atoms with Crippen LogP contribution in [0.2, 0.25) is 36.3 Å². The number of carbonyl (C=O) groups excluding carboxylic acids is 1. The Labute approximate surface area is 209 Å². The maximum atomic E-state index is 13.7. The van der Waals surface area contributed by atoms with E-state index in [9.17, 15) is 4.79 Å². The quantitative estimate of drug-likeness (QED) is 0.419. The van der Waals surface area contributed by atoms with E-state index >= 15 is 0 Å². The Morgan fingerprint density at radius 2 is 1.35 bits per heavy atom. The first kappa shape index (κ1) is 29.8. The molecule has 1 heterocycles. The van der Waals surface area contributed by atoms with Gasteiger partial charge >= 0.3 is 0 Å². The fourth-order valence-corrected chi connectivity index (χ4v) is 5.71. The number of Topliss-reactive ketones (excluding diaryl/α,β-unsaturated/α-hetero) is 1. The minimum absolute atomic E-state index is 0.0171. The Hall–Kier alpha value is -0.396. The normalized spacial score (nSPS) is 33.5. The Kier molecular flexibility index (Phi) is 8.32. The van der Waals surface area contributed by atoms with E-state index in [2.05, 4.69) is 67.7 Å². The standard InChI is InChI=1S/C25H48O7Si2/c1-22(2,3)33(11,12)29-16-17-15-18(32-34(13,14)23(4,5)6)20-21(19(17)26)31-25(8,28-10)24(7,27-9)30-20/h15,18,20-21H,16H2,1-14H3/t18-,20-,21-,24+,25+/m0/s1. The Morgan fingerprint density at radius 3 is 1.79 bits per heavy atom. The zero-order valence-electron chi connectivity index (χ0n) is 23.9. The second kappa shape index (κ2) is 9.48. The summed E-state index contributed by atoms with van der Waals surface area (Å²) in [5, 5.41) is 0.0148. The number of ether oxygens (including phenoxy) is 4. The third-order valence-electron chi connectivity index (χ3n) is 8.51. The van der Waals surface area contributed by atoms with Gasteiger partial charge in [-0.3, -0.25) is 4.79 Å².